The third kappa shape index (κ3) is 62.9. The van der Waals surface area contributed by atoms with E-state index < -0.39 is 0 Å². The summed E-state index contributed by atoms with van der Waals surface area (Å²) in [6, 6.07) is 0. The summed E-state index contributed by atoms with van der Waals surface area (Å²) in [5.74, 6) is 0. The van der Waals surface area contributed by atoms with E-state index in [9.17, 15) is 0 Å². The van der Waals surface area contributed by atoms with Gasteiger partial charge in [0.1, 0.15) is 0 Å². The largest absolute Gasteiger partial charge is 0.312 e. The minimum Gasteiger partial charge on any atom is -0.312 e. The van der Waals surface area contributed by atoms with Gasteiger partial charge >= 0.3 is 0 Å². The molecule has 4 radical (unpaired) electrons. The molecule has 0 N–H and O–H groups in total. The topological polar surface area (TPSA) is 3.24 Å². The molecule has 0 bridgehead atoms. The fraction of sp³-hybridized carbons (Fsp3) is 1.00. The van der Waals surface area contributed by atoms with E-state index in [1.807, 2.05) is 26.0 Å². The van der Waals surface area contributed by atoms with Crippen LogP contribution in [0.15, 0.2) is 0 Å². The Morgan fingerprint density at radius 1 is 1.00 bits per heavy atom. The van der Waals surface area contributed by atoms with Crippen LogP contribution in [0, 0.1) is 0 Å². The molecule has 0 saturated carbocycles. The van der Waals surface area contributed by atoms with Crippen molar-refractivity contribution < 1.29 is 0 Å². The van der Waals surface area contributed by atoms with Gasteiger partial charge in [-0.2, -0.15) is 0 Å². The van der Waals surface area contributed by atoms with Crippen molar-refractivity contribution in [3.63, 3.8) is 0 Å². The summed E-state index contributed by atoms with van der Waals surface area (Å²) in [5, 5.41) is 0. The van der Waals surface area contributed by atoms with Crippen molar-refractivity contribution in [2.45, 2.75) is 0 Å². The Hall–Kier alpha value is 0.759. The Labute approximate surface area is 50.3 Å². The first kappa shape index (κ1) is 9.23. The van der Waals surface area contributed by atoms with Gasteiger partial charge in [0.2, 0.25) is 0 Å². The van der Waals surface area contributed by atoms with Crippen molar-refractivity contribution in [3.05, 3.63) is 0 Å². The van der Waals surface area contributed by atoms with Crippen molar-refractivity contribution >= 4 is 23.9 Å². The van der Waals surface area contributed by atoms with Crippen LogP contribution in [0.4, 0.5) is 0 Å². The fourth-order valence-corrected chi connectivity index (χ4v) is 0. The summed E-state index contributed by atoms with van der Waals surface area (Å²) < 4.78 is 0. The smallest absolute Gasteiger partial charge is 0 e. The second kappa shape index (κ2) is 4.76. The first-order chi connectivity index (χ1) is 1.73. The van der Waals surface area contributed by atoms with Gasteiger partial charge in [-0.1, -0.05) is 0 Å². The van der Waals surface area contributed by atoms with Gasteiger partial charge in [-0.3, -0.25) is 0 Å². The molecule has 2 heteroatoms. The standard InChI is InChI=1S/C3H9N.Sn/c1-4(2)3;/h1-3H3;. The van der Waals surface area contributed by atoms with Gasteiger partial charge in [0, 0.05) is 23.9 Å². The molecular weight excluding hydrogens is 169 g/mol. The third-order valence-corrected chi connectivity index (χ3v) is 0. The summed E-state index contributed by atoms with van der Waals surface area (Å²) in [4.78, 5) is 2.00. The monoisotopic (exact) mass is 179 g/mol. The Bertz CT molecular complexity index is 11.6. The zero-order valence-electron chi connectivity index (χ0n) is 3.95. The number of hydrogen-bond donors (Lipinski definition) is 0. The summed E-state index contributed by atoms with van der Waals surface area (Å²) in [6.07, 6.45) is 0. The van der Waals surface area contributed by atoms with Crippen molar-refractivity contribution in [2.75, 3.05) is 21.1 Å². The molecule has 0 heterocycles. The quantitative estimate of drug-likeness (QED) is 0.464. The van der Waals surface area contributed by atoms with Crippen LogP contribution in [0.1, 0.15) is 0 Å². The van der Waals surface area contributed by atoms with Crippen LogP contribution < -0.4 is 0 Å². The van der Waals surface area contributed by atoms with Crippen LogP contribution in [0.3, 0.4) is 0 Å². The minimum absolute atomic E-state index is 0. The average Bonchev–Trinajstić information content (AvgIpc) is 0.811. The Balaban J connectivity index is 0. The molecule has 0 aromatic heterocycles. The van der Waals surface area contributed by atoms with E-state index in [4.69, 9.17) is 0 Å². The zero-order chi connectivity index (χ0) is 3.58. The maximum Gasteiger partial charge on any atom is 0 e. The summed E-state index contributed by atoms with van der Waals surface area (Å²) in [6.45, 7) is 0. The molecule has 0 aromatic rings. The molecule has 0 aliphatic heterocycles. The zero-order valence-corrected chi connectivity index (χ0v) is 6.80. The van der Waals surface area contributed by atoms with Crippen LogP contribution in [-0.4, -0.2) is 50.0 Å². The molecular formula is C3H9NSn. The van der Waals surface area contributed by atoms with Crippen LogP contribution >= 0.6 is 0 Å². The predicted molar refractivity (Wildman–Crippen MR) is 25.4 cm³/mol. The number of hydrogen-bond acceptors (Lipinski definition) is 1. The van der Waals surface area contributed by atoms with Crippen molar-refractivity contribution in [3.8, 4) is 0 Å². The molecule has 1 nitrogen and oxygen atoms in total. The van der Waals surface area contributed by atoms with Gasteiger partial charge < -0.3 is 4.90 Å². The van der Waals surface area contributed by atoms with Gasteiger partial charge in [0.15, 0.2) is 0 Å². The van der Waals surface area contributed by atoms with E-state index in [-0.39, 0.29) is 23.9 Å². The molecule has 0 fully saturated rings. The molecule has 0 amide bonds. The summed E-state index contributed by atoms with van der Waals surface area (Å²) in [5.41, 5.74) is 0. The predicted octanol–water partition coefficient (Wildman–Crippen LogP) is -0.203. The molecule has 0 saturated heterocycles. The van der Waals surface area contributed by atoms with Gasteiger partial charge in [-0.05, 0) is 21.1 Å². The Kier molecular flexibility index (Phi) is 8.79. The van der Waals surface area contributed by atoms with E-state index in [0.717, 1.165) is 0 Å². The third-order valence-electron chi connectivity index (χ3n) is 0. The van der Waals surface area contributed by atoms with Crippen LogP contribution in [0.25, 0.3) is 0 Å². The van der Waals surface area contributed by atoms with E-state index >= 15 is 0 Å². The maximum absolute atomic E-state index is 2.00. The van der Waals surface area contributed by atoms with Crippen LogP contribution in [0.2, 0.25) is 0 Å². The molecule has 30 valence electrons. The molecule has 0 aromatic carbocycles. The Morgan fingerprint density at radius 2 is 1.00 bits per heavy atom. The number of nitrogens with zero attached hydrogens (tertiary/aromatic N) is 1. The first-order valence-electron chi connectivity index (χ1n) is 1.34. The number of rotatable bonds is 0. The van der Waals surface area contributed by atoms with Crippen LogP contribution in [0.5, 0.6) is 0 Å². The second-order valence-electron chi connectivity index (χ2n) is 1.34. The minimum atomic E-state index is 0. The van der Waals surface area contributed by atoms with E-state index in [0.29, 0.717) is 0 Å². The Morgan fingerprint density at radius 3 is 1.00 bits per heavy atom. The second-order valence-corrected chi connectivity index (χ2v) is 1.34. The van der Waals surface area contributed by atoms with Gasteiger partial charge in [0.25, 0.3) is 0 Å². The van der Waals surface area contributed by atoms with Gasteiger partial charge in [-0.25, -0.2) is 0 Å². The van der Waals surface area contributed by atoms with E-state index in [1.54, 1.807) is 0 Å². The first-order valence-corrected chi connectivity index (χ1v) is 1.34. The SMILES string of the molecule is CN(C)C.[Sn]. The van der Waals surface area contributed by atoms with Crippen LogP contribution in [-0.2, 0) is 0 Å². The molecule has 0 aliphatic carbocycles. The maximum atomic E-state index is 2.00. The fourth-order valence-electron chi connectivity index (χ4n) is 0. The van der Waals surface area contributed by atoms with Crippen molar-refractivity contribution in [1.29, 1.82) is 0 Å². The van der Waals surface area contributed by atoms with E-state index in [1.165, 1.54) is 0 Å². The average molecular weight is 178 g/mol. The normalized spacial score (nSPS) is 7.20. The molecule has 0 unspecified atom stereocenters. The molecule has 0 spiro atoms. The van der Waals surface area contributed by atoms with Gasteiger partial charge in [0.05, 0.1) is 0 Å². The molecule has 0 aliphatic rings. The van der Waals surface area contributed by atoms with Gasteiger partial charge in [-0.15, -0.1) is 0 Å². The van der Waals surface area contributed by atoms with Crippen molar-refractivity contribution in [2.24, 2.45) is 0 Å². The molecule has 0 rings (SSSR count). The summed E-state index contributed by atoms with van der Waals surface area (Å²) in [7, 11) is 6.00. The van der Waals surface area contributed by atoms with Crippen molar-refractivity contribution in [1.82, 2.24) is 4.90 Å². The summed E-state index contributed by atoms with van der Waals surface area (Å²) >= 11 is 0. The van der Waals surface area contributed by atoms with E-state index in [2.05, 4.69) is 0 Å². The molecule has 5 heavy (non-hydrogen) atoms. The molecule has 0 atom stereocenters.